The third-order valence-corrected chi connectivity index (χ3v) is 11.0. The molecule has 0 radical (unpaired) electrons. The van der Waals surface area contributed by atoms with Crippen molar-refractivity contribution in [3.63, 3.8) is 0 Å². The van der Waals surface area contributed by atoms with E-state index in [4.69, 9.17) is 55.9 Å². The van der Waals surface area contributed by atoms with E-state index in [2.05, 4.69) is 40.5 Å². The Morgan fingerprint density at radius 3 is 1.39 bits per heavy atom. The molecule has 61 heavy (non-hydrogen) atoms. The first-order valence-electron chi connectivity index (χ1n) is 17.3. The van der Waals surface area contributed by atoms with Crippen LogP contribution in [0.4, 0.5) is 49.4 Å². The highest BCUT2D eigenvalue weighted by atomic mass is 35.5. The summed E-state index contributed by atoms with van der Waals surface area (Å²) in [5, 5.41) is 10.4. The average molecular weight is 957 g/mol. The van der Waals surface area contributed by atoms with E-state index in [1.165, 1.54) is 31.4 Å². The molecule has 0 amide bonds. The molecular weight excluding hydrogens is 932 g/mol. The zero-order valence-electron chi connectivity index (χ0n) is 30.9. The van der Waals surface area contributed by atoms with Gasteiger partial charge >= 0.3 is 11.0 Å². The van der Waals surface area contributed by atoms with Crippen LogP contribution >= 0.6 is 69.9 Å². The summed E-state index contributed by atoms with van der Waals surface area (Å²) in [5.74, 6) is 1.59. The van der Waals surface area contributed by atoms with Crippen LogP contribution in [0.5, 0.6) is 11.8 Å². The van der Waals surface area contributed by atoms with E-state index in [9.17, 15) is 26.3 Å². The molecule has 6 aromatic heterocycles. The van der Waals surface area contributed by atoms with Gasteiger partial charge in [-0.05, 0) is 79.0 Å². The molecule has 0 aliphatic heterocycles. The number of ether oxygens (including phenoxy) is 2. The molecule has 2 aromatic carbocycles. The van der Waals surface area contributed by atoms with Crippen molar-refractivity contribution in [1.29, 1.82) is 0 Å². The molecule has 6 heterocycles. The van der Waals surface area contributed by atoms with Crippen LogP contribution in [-0.4, -0.2) is 54.6 Å². The molecule has 0 saturated carbocycles. The molecule has 22 heteroatoms. The standard InChI is InChI=1S/C20H13Cl2F3N4OS.C19H11Cl2F3N4OS/c1-2-30-19-16-11(3-6-27-19)18(28-15-4-5-26-9-12(15)16)29-17-13(21)7-10(8-14(17)22)31-20(23,24)25;1-29-18-15-10(2-5-26-18)17(27-14-3-4-25-8-11(14)15)28-16-12(20)6-9(7-13(16)21)30-19(22,23)24/h3-9H,2H2,1H3,(H,28,29);2-8H,1H3,(H,27,28). The van der Waals surface area contributed by atoms with Crippen molar-refractivity contribution in [2.75, 3.05) is 24.4 Å². The number of pyridine rings is 6. The number of hydrogen-bond donors (Lipinski definition) is 2. The molecule has 314 valence electrons. The van der Waals surface area contributed by atoms with Crippen LogP contribution in [0.2, 0.25) is 20.1 Å². The second-order valence-electron chi connectivity index (χ2n) is 12.3. The Bertz CT molecular complexity index is 2910. The van der Waals surface area contributed by atoms with Gasteiger partial charge < -0.3 is 20.1 Å². The van der Waals surface area contributed by atoms with Gasteiger partial charge in [0.25, 0.3) is 0 Å². The van der Waals surface area contributed by atoms with Crippen LogP contribution < -0.4 is 20.1 Å². The van der Waals surface area contributed by atoms with Gasteiger partial charge in [0.2, 0.25) is 11.8 Å². The van der Waals surface area contributed by atoms with Gasteiger partial charge in [0, 0.05) is 68.5 Å². The second kappa shape index (κ2) is 18.2. The monoisotopic (exact) mass is 954 g/mol. The SMILES string of the molecule is CCOc1nccc2c(Nc3c(Cl)cc(SC(F)(F)F)cc3Cl)nc3ccncc3c12.COc1nccc2c(Nc3c(Cl)cc(SC(F)(F)F)cc3Cl)nc3ccncc3c12. The topological polar surface area (TPSA) is 120 Å². The molecular formula is C39H24Cl4F6N8O2S2. The third-order valence-electron chi connectivity index (χ3n) is 8.40. The summed E-state index contributed by atoms with van der Waals surface area (Å²) in [6, 6.07) is 11.7. The molecule has 8 aromatic rings. The number of hydrogen-bond acceptors (Lipinski definition) is 12. The Balaban J connectivity index is 0.000000184. The second-order valence-corrected chi connectivity index (χ2v) is 16.2. The Labute approximate surface area is 369 Å². The quantitative estimate of drug-likeness (QED) is 0.0814. The van der Waals surface area contributed by atoms with Gasteiger partial charge in [0.15, 0.2) is 0 Å². The third kappa shape index (κ3) is 10.1. The molecule has 8 rings (SSSR count). The Morgan fingerprint density at radius 2 is 1.00 bits per heavy atom. The molecule has 0 aliphatic rings. The minimum atomic E-state index is -4.45. The number of benzene rings is 2. The lowest BCUT2D eigenvalue weighted by Crippen LogP contribution is -2.02. The largest absolute Gasteiger partial charge is 0.481 e. The first kappa shape index (κ1) is 44.1. The van der Waals surface area contributed by atoms with Crippen LogP contribution in [0.15, 0.2) is 95.5 Å². The molecule has 0 fully saturated rings. The number of nitrogens with zero attached hydrogens (tertiary/aromatic N) is 6. The highest BCUT2D eigenvalue weighted by molar-refractivity contribution is 8.00. The number of thioether (sulfide) groups is 2. The van der Waals surface area contributed by atoms with E-state index < -0.39 is 11.0 Å². The predicted molar refractivity (Wildman–Crippen MR) is 231 cm³/mol. The number of rotatable bonds is 9. The van der Waals surface area contributed by atoms with Crippen molar-refractivity contribution in [2.45, 2.75) is 27.7 Å². The number of nitrogens with one attached hydrogen (secondary N) is 2. The molecule has 0 atom stereocenters. The molecule has 0 unspecified atom stereocenters. The van der Waals surface area contributed by atoms with Crippen molar-refractivity contribution in [3.05, 3.63) is 106 Å². The van der Waals surface area contributed by atoms with Crippen LogP contribution in [0.1, 0.15) is 6.92 Å². The van der Waals surface area contributed by atoms with Crippen molar-refractivity contribution in [2.24, 2.45) is 0 Å². The highest BCUT2D eigenvalue weighted by Crippen LogP contribution is 2.46. The smallest absolute Gasteiger partial charge is 0.446 e. The summed E-state index contributed by atoms with van der Waals surface area (Å²) in [7, 11) is 1.50. The van der Waals surface area contributed by atoms with Crippen molar-refractivity contribution >= 4 is 136 Å². The molecule has 10 nitrogen and oxygen atoms in total. The van der Waals surface area contributed by atoms with Crippen LogP contribution in [0.25, 0.3) is 43.4 Å². The summed E-state index contributed by atoms with van der Waals surface area (Å²) in [6.07, 6.45) is 9.66. The lowest BCUT2D eigenvalue weighted by Gasteiger charge is -2.16. The van der Waals surface area contributed by atoms with Gasteiger partial charge in [0.05, 0.1) is 67.0 Å². The molecule has 0 aliphatic carbocycles. The van der Waals surface area contributed by atoms with E-state index in [1.54, 1.807) is 61.4 Å². The summed E-state index contributed by atoms with van der Waals surface area (Å²) >= 11 is 24.4. The summed E-state index contributed by atoms with van der Waals surface area (Å²) in [4.78, 5) is 25.9. The number of fused-ring (bicyclic) bond motifs is 6. The van der Waals surface area contributed by atoms with Crippen molar-refractivity contribution in [1.82, 2.24) is 29.9 Å². The lowest BCUT2D eigenvalue weighted by molar-refractivity contribution is -0.0337. The fourth-order valence-electron chi connectivity index (χ4n) is 6.07. The summed E-state index contributed by atoms with van der Waals surface area (Å²) in [6.45, 7) is 2.26. The molecule has 0 bridgehead atoms. The number of methoxy groups -OCH3 is 1. The maximum absolute atomic E-state index is 12.7. The zero-order valence-corrected chi connectivity index (χ0v) is 35.5. The summed E-state index contributed by atoms with van der Waals surface area (Å²) in [5.41, 5.74) is -7.18. The minimum absolute atomic E-state index is 0.0278. The van der Waals surface area contributed by atoms with Crippen molar-refractivity contribution < 1.29 is 35.8 Å². The number of aromatic nitrogens is 6. The number of halogens is 10. The maximum Gasteiger partial charge on any atom is 0.446 e. The van der Waals surface area contributed by atoms with E-state index in [0.717, 1.165) is 10.8 Å². The lowest BCUT2D eigenvalue weighted by atomic mass is 10.1. The van der Waals surface area contributed by atoms with Crippen molar-refractivity contribution in [3.8, 4) is 11.8 Å². The zero-order chi connectivity index (χ0) is 43.6. The van der Waals surface area contributed by atoms with Crippen LogP contribution in [-0.2, 0) is 0 Å². The van der Waals surface area contributed by atoms with Gasteiger partial charge in [-0.25, -0.2) is 19.9 Å². The molecule has 2 N–H and O–H groups in total. The van der Waals surface area contributed by atoms with E-state index in [1.807, 2.05) is 6.92 Å². The fourth-order valence-corrected chi connectivity index (χ4v) is 8.73. The number of alkyl halides is 6. The van der Waals surface area contributed by atoms with E-state index in [0.29, 0.717) is 62.6 Å². The molecule has 0 saturated heterocycles. The predicted octanol–water partition coefficient (Wildman–Crippen LogP) is 14.1. The highest BCUT2D eigenvalue weighted by Gasteiger charge is 2.31. The van der Waals surface area contributed by atoms with Gasteiger partial charge in [0.1, 0.15) is 11.6 Å². The van der Waals surface area contributed by atoms with E-state index in [-0.39, 0.29) is 64.8 Å². The normalized spacial score (nSPS) is 11.8. The first-order valence-corrected chi connectivity index (χ1v) is 20.4. The Morgan fingerprint density at radius 1 is 0.590 bits per heavy atom. The van der Waals surface area contributed by atoms with E-state index >= 15 is 0 Å². The van der Waals surface area contributed by atoms with Gasteiger partial charge in [-0.2, -0.15) is 26.3 Å². The fraction of sp³-hybridized carbons (Fsp3) is 0.128. The van der Waals surface area contributed by atoms with Gasteiger partial charge in [-0.1, -0.05) is 46.4 Å². The van der Waals surface area contributed by atoms with Gasteiger partial charge in [-0.3, -0.25) is 9.97 Å². The Kier molecular flexibility index (Phi) is 13.1. The summed E-state index contributed by atoms with van der Waals surface area (Å²) < 4.78 is 87.2. The maximum atomic E-state index is 12.7. The van der Waals surface area contributed by atoms with Crippen LogP contribution in [0, 0.1) is 0 Å². The Hall–Kier alpha value is -4.98. The first-order chi connectivity index (χ1) is 29.0. The van der Waals surface area contributed by atoms with Gasteiger partial charge in [-0.15, -0.1) is 0 Å². The minimum Gasteiger partial charge on any atom is -0.481 e. The molecule has 0 spiro atoms. The number of anilines is 4. The average Bonchev–Trinajstić information content (AvgIpc) is 3.19. The van der Waals surface area contributed by atoms with Crippen LogP contribution in [0.3, 0.4) is 0 Å².